The van der Waals surface area contributed by atoms with Gasteiger partial charge in [-0.05, 0) is 12.1 Å². The van der Waals surface area contributed by atoms with Crippen LogP contribution in [0.2, 0.25) is 0 Å². The molecule has 1 aromatic rings. The molecule has 0 aliphatic carbocycles. The molecule has 8 heteroatoms. The zero-order valence-corrected chi connectivity index (χ0v) is 10.5. The maximum absolute atomic E-state index is 11.7. The Morgan fingerprint density at radius 1 is 1.47 bits per heavy atom. The second kappa shape index (κ2) is 5.30. The lowest BCUT2D eigenvalue weighted by Crippen LogP contribution is -2.27. The van der Waals surface area contributed by atoms with Crippen LogP contribution in [0.3, 0.4) is 0 Å². The number of hydrogen-bond donors (Lipinski definition) is 2. The summed E-state index contributed by atoms with van der Waals surface area (Å²) < 4.78 is 29.5. The van der Waals surface area contributed by atoms with Gasteiger partial charge in [-0.3, -0.25) is 4.79 Å². The van der Waals surface area contributed by atoms with E-state index >= 15 is 0 Å². The summed E-state index contributed by atoms with van der Waals surface area (Å²) >= 11 is 0. The molecule has 96 valence electrons. The van der Waals surface area contributed by atoms with Crippen molar-refractivity contribution in [3.05, 3.63) is 17.9 Å². The number of furan rings is 1. The molecule has 0 atom stereocenters. The molecule has 0 radical (unpaired) electrons. The maximum Gasteiger partial charge on any atom is 0.275 e. The Morgan fingerprint density at radius 3 is 2.65 bits per heavy atom. The number of primary amides is 1. The first-order chi connectivity index (χ1) is 7.84. The lowest BCUT2D eigenvalue weighted by atomic mass is 10.4. The highest BCUT2D eigenvalue weighted by Crippen LogP contribution is 2.16. The zero-order chi connectivity index (χ0) is 13.1. The van der Waals surface area contributed by atoms with Crippen molar-refractivity contribution in [3.63, 3.8) is 0 Å². The van der Waals surface area contributed by atoms with Crippen LogP contribution in [0.5, 0.6) is 0 Å². The summed E-state index contributed by atoms with van der Waals surface area (Å²) in [6.07, 6.45) is 0. The number of carbonyl (C=O) groups excluding carboxylic acids is 1. The van der Waals surface area contributed by atoms with E-state index in [0.717, 1.165) is 4.31 Å². The summed E-state index contributed by atoms with van der Waals surface area (Å²) in [4.78, 5) is 10.5. The largest absolute Gasteiger partial charge is 0.447 e. The molecule has 0 aromatic carbocycles. The monoisotopic (exact) mass is 261 g/mol. The van der Waals surface area contributed by atoms with E-state index in [2.05, 4.69) is 5.32 Å². The average molecular weight is 261 g/mol. The van der Waals surface area contributed by atoms with Crippen LogP contribution in [0.1, 0.15) is 5.76 Å². The van der Waals surface area contributed by atoms with Gasteiger partial charge in [0.2, 0.25) is 11.0 Å². The fourth-order valence-electron chi connectivity index (χ4n) is 1.08. The number of sulfonamides is 1. The van der Waals surface area contributed by atoms with Gasteiger partial charge in [0.25, 0.3) is 10.0 Å². The first kappa shape index (κ1) is 13.7. The van der Waals surface area contributed by atoms with Crippen LogP contribution in [-0.4, -0.2) is 39.3 Å². The average Bonchev–Trinajstić information content (AvgIpc) is 2.66. The highest BCUT2D eigenvalue weighted by atomic mass is 32.2. The van der Waals surface area contributed by atoms with Gasteiger partial charge in [0.1, 0.15) is 5.76 Å². The van der Waals surface area contributed by atoms with Gasteiger partial charge in [0, 0.05) is 14.1 Å². The normalized spacial score (nSPS) is 11.9. The van der Waals surface area contributed by atoms with Gasteiger partial charge in [-0.2, -0.15) is 0 Å². The summed E-state index contributed by atoms with van der Waals surface area (Å²) in [5.41, 5.74) is 4.94. The van der Waals surface area contributed by atoms with Crippen LogP contribution in [0.25, 0.3) is 0 Å². The third kappa shape index (κ3) is 3.55. The summed E-state index contributed by atoms with van der Waals surface area (Å²) in [7, 11) is -0.711. The summed E-state index contributed by atoms with van der Waals surface area (Å²) in [6, 6.07) is 2.90. The van der Waals surface area contributed by atoms with E-state index < -0.39 is 15.9 Å². The van der Waals surface area contributed by atoms with E-state index in [1.165, 1.54) is 26.2 Å². The highest BCUT2D eigenvalue weighted by Gasteiger charge is 2.21. The minimum Gasteiger partial charge on any atom is -0.447 e. The van der Waals surface area contributed by atoms with Crippen LogP contribution < -0.4 is 11.1 Å². The van der Waals surface area contributed by atoms with Crippen molar-refractivity contribution >= 4 is 15.9 Å². The van der Waals surface area contributed by atoms with Crippen LogP contribution in [0.15, 0.2) is 21.6 Å². The van der Waals surface area contributed by atoms with Crippen LogP contribution in [0.4, 0.5) is 0 Å². The summed E-state index contributed by atoms with van der Waals surface area (Å²) in [5, 5.41) is 2.59. The second-order valence-corrected chi connectivity index (χ2v) is 5.66. The third-order valence-electron chi connectivity index (χ3n) is 1.97. The van der Waals surface area contributed by atoms with Crippen molar-refractivity contribution in [1.29, 1.82) is 0 Å². The van der Waals surface area contributed by atoms with Crippen LogP contribution in [-0.2, 0) is 21.4 Å². The van der Waals surface area contributed by atoms with Crippen molar-refractivity contribution in [3.8, 4) is 0 Å². The Morgan fingerprint density at radius 2 is 2.12 bits per heavy atom. The van der Waals surface area contributed by atoms with Crippen molar-refractivity contribution in [2.24, 2.45) is 5.73 Å². The fourth-order valence-corrected chi connectivity index (χ4v) is 1.89. The summed E-state index contributed by atoms with van der Waals surface area (Å²) in [6.45, 7) is 0.252. The van der Waals surface area contributed by atoms with E-state index in [1.807, 2.05) is 0 Å². The number of carbonyl (C=O) groups is 1. The van der Waals surface area contributed by atoms with E-state index in [1.54, 1.807) is 0 Å². The molecule has 0 saturated carbocycles. The number of nitrogens with one attached hydrogen (secondary N) is 1. The number of hydrogen-bond acceptors (Lipinski definition) is 5. The molecule has 0 spiro atoms. The zero-order valence-electron chi connectivity index (χ0n) is 9.63. The van der Waals surface area contributed by atoms with Crippen molar-refractivity contribution in [1.82, 2.24) is 9.62 Å². The topological polar surface area (TPSA) is 106 Å². The predicted octanol–water partition coefficient (Wildman–Crippen LogP) is -0.895. The molecule has 0 fully saturated rings. The fraction of sp³-hybridized carbons (Fsp3) is 0.444. The molecule has 3 N–H and O–H groups in total. The van der Waals surface area contributed by atoms with E-state index in [0.29, 0.717) is 5.76 Å². The molecule has 0 bridgehead atoms. The van der Waals surface area contributed by atoms with Gasteiger partial charge in [-0.25, -0.2) is 12.7 Å². The van der Waals surface area contributed by atoms with Gasteiger partial charge in [-0.15, -0.1) is 0 Å². The van der Waals surface area contributed by atoms with Crippen LogP contribution >= 0.6 is 0 Å². The quantitative estimate of drug-likeness (QED) is 0.690. The van der Waals surface area contributed by atoms with Gasteiger partial charge >= 0.3 is 0 Å². The lowest BCUT2D eigenvalue weighted by molar-refractivity contribution is -0.117. The SMILES string of the molecule is CN(C)S(=O)(=O)c1ccc(CNCC(N)=O)o1. The summed E-state index contributed by atoms with van der Waals surface area (Å²) in [5.74, 6) is -0.0654. The number of nitrogens with zero attached hydrogens (tertiary/aromatic N) is 1. The molecule has 1 amide bonds. The third-order valence-corrected chi connectivity index (χ3v) is 3.66. The molecular weight excluding hydrogens is 246 g/mol. The van der Waals surface area contributed by atoms with E-state index in [-0.39, 0.29) is 18.2 Å². The minimum atomic E-state index is -3.55. The lowest BCUT2D eigenvalue weighted by Gasteiger charge is -2.07. The van der Waals surface area contributed by atoms with E-state index in [9.17, 15) is 13.2 Å². The number of amides is 1. The molecule has 0 saturated heterocycles. The molecule has 17 heavy (non-hydrogen) atoms. The Hall–Kier alpha value is -1.38. The van der Waals surface area contributed by atoms with Gasteiger partial charge in [0.15, 0.2) is 0 Å². The molecule has 0 unspecified atom stereocenters. The van der Waals surface area contributed by atoms with Gasteiger partial charge in [-0.1, -0.05) is 0 Å². The minimum absolute atomic E-state index is 0.0104. The Bertz CT molecular complexity index is 492. The Balaban J connectivity index is 2.69. The molecule has 0 aliphatic heterocycles. The smallest absolute Gasteiger partial charge is 0.275 e. The molecule has 1 heterocycles. The van der Waals surface area contributed by atoms with Crippen molar-refractivity contribution in [2.45, 2.75) is 11.6 Å². The molecule has 1 rings (SSSR count). The Kier molecular flexibility index (Phi) is 4.27. The Labute approximate surface area is 99.6 Å². The first-order valence-electron chi connectivity index (χ1n) is 4.84. The second-order valence-electron chi connectivity index (χ2n) is 3.58. The first-order valence-corrected chi connectivity index (χ1v) is 6.28. The highest BCUT2D eigenvalue weighted by molar-refractivity contribution is 7.88. The van der Waals surface area contributed by atoms with Crippen molar-refractivity contribution in [2.75, 3.05) is 20.6 Å². The molecule has 1 aromatic heterocycles. The van der Waals surface area contributed by atoms with E-state index in [4.69, 9.17) is 10.2 Å². The van der Waals surface area contributed by atoms with Crippen molar-refractivity contribution < 1.29 is 17.6 Å². The van der Waals surface area contributed by atoms with Gasteiger partial charge in [0.05, 0.1) is 13.1 Å². The molecule has 0 aliphatic rings. The van der Waals surface area contributed by atoms with Crippen LogP contribution in [0, 0.1) is 0 Å². The molecule has 7 nitrogen and oxygen atoms in total. The predicted molar refractivity (Wildman–Crippen MR) is 60.5 cm³/mol. The number of nitrogens with two attached hydrogens (primary N) is 1. The van der Waals surface area contributed by atoms with Gasteiger partial charge < -0.3 is 15.5 Å². The molecular formula is C9H15N3O4S. The number of rotatable bonds is 6. The maximum atomic E-state index is 11.7. The standard InChI is InChI=1S/C9H15N3O4S/c1-12(2)17(14,15)9-4-3-7(16-9)5-11-6-8(10)13/h3-4,11H,5-6H2,1-2H3,(H2,10,13).